The molecule has 0 atom stereocenters. The van der Waals surface area contributed by atoms with Crippen molar-refractivity contribution in [2.75, 3.05) is 0 Å². The molecule has 0 aliphatic heterocycles. The van der Waals surface area contributed by atoms with Crippen molar-refractivity contribution >= 4 is 5.65 Å². The van der Waals surface area contributed by atoms with Crippen LogP contribution in [0.1, 0.15) is 26.5 Å². The molecule has 3 aromatic heterocycles. The van der Waals surface area contributed by atoms with Gasteiger partial charge in [-0.3, -0.25) is 9.38 Å². The van der Waals surface area contributed by atoms with Crippen LogP contribution in [0.15, 0.2) is 48.9 Å². The lowest BCUT2D eigenvalue weighted by Gasteiger charge is -2.18. The maximum absolute atomic E-state index is 4.80. The van der Waals surface area contributed by atoms with Crippen LogP contribution >= 0.6 is 0 Å². The number of aromatic nitrogens is 3. The van der Waals surface area contributed by atoms with Crippen LogP contribution < -0.4 is 0 Å². The van der Waals surface area contributed by atoms with Crippen LogP contribution in [-0.2, 0) is 5.41 Å². The number of imidazole rings is 1. The van der Waals surface area contributed by atoms with Crippen molar-refractivity contribution in [3.05, 3.63) is 54.6 Å². The fraction of sp³-hybridized carbons (Fsp3) is 0.250. The molecule has 0 spiro atoms. The fourth-order valence-electron chi connectivity index (χ4n) is 2.30. The normalized spacial score (nSPS) is 11.9. The molecule has 3 heteroatoms. The molecule has 96 valence electrons. The third kappa shape index (κ3) is 2.01. The van der Waals surface area contributed by atoms with Gasteiger partial charge in [-0.1, -0.05) is 26.8 Å². The van der Waals surface area contributed by atoms with E-state index in [1.54, 1.807) is 0 Å². The lowest BCUT2D eigenvalue weighted by atomic mass is 9.89. The zero-order valence-corrected chi connectivity index (χ0v) is 11.5. The van der Waals surface area contributed by atoms with E-state index in [9.17, 15) is 0 Å². The molecule has 0 amide bonds. The summed E-state index contributed by atoms with van der Waals surface area (Å²) in [6.45, 7) is 6.58. The first kappa shape index (κ1) is 11.9. The van der Waals surface area contributed by atoms with Crippen LogP contribution in [0.25, 0.3) is 16.9 Å². The maximum atomic E-state index is 4.80. The molecular weight excluding hydrogens is 234 g/mol. The van der Waals surface area contributed by atoms with Gasteiger partial charge in [0.25, 0.3) is 0 Å². The minimum atomic E-state index is 0.00459. The Labute approximate surface area is 113 Å². The Hall–Kier alpha value is -2.16. The largest absolute Gasteiger partial charge is 0.299 e. The molecule has 0 unspecified atom stereocenters. The fourth-order valence-corrected chi connectivity index (χ4v) is 2.30. The minimum absolute atomic E-state index is 0.00459. The van der Waals surface area contributed by atoms with E-state index in [0.29, 0.717) is 0 Å². The van der Waals surface area contributed by atoms with E-state index < -0.39 is 0 Å². The van der Waals surface area contributed by atoms with Crippen molar-refractivity contribution in [2.24, 2.45) is 0 Å². The zero-order chi connectivity index (χ0) is 13.5. The van der Waals surface area contributed by atoms with Crippen LogP contribution in [0.2, 0.25) is 0 Å². The Balaban J connectivity index is 2.38. The summed E-state index contributed by atoms with van der Waals surface area (Å²) in [6.07, 6.45) is 5.71. The Morgan fingerprint density at radius 1 is 1.00 bits per heavy atom. The van der Waals surface area contributed by atoms with Crippen LogP contribution in [-0.4, -0.2) is 14.4 Å². The first-order valence-electron chi connectivity index (χ1n) is 6.45. The SMILES string of the molecule is CC(C)(C)c1nc2ccccn2c1-c1ccncc1. The summed E-state index contributed by atoms with van der Waals surface area (Å²) in [5, 5.41) is 0. The van der Waals surface area contributed by atoms with Crippen molar-refractivity contribution in [1.82, 2.24) is 14.4 Å². The highest BCUT2D eigenvalue weighted by atomic mass is 15.0. The Bertz CT molecular complexity index is 706. The molecule has 0 saturated heterocycles. The van der Waals surface area contributed by atoms with Crippen molar-refractivity contribution in [3.63, 3.8) is 0 Å². The third-order valence-corrected chi connectivity index (χ3v) is 3.19. The molecule has 0 fully saturated rings. The lowest BCUT2D eigenvalue weighted by Crippen LogP contribution is -2.13. The Morgan fingerprint density at radius 2 is 1.74 bits per heavy atom. The van der Waals surface area contributed by atoms with Crippen molar-refractivity contribution in [2.45, 2.75) is 26.2 Å². The molecule has 0 aliphatic carbocycles. The monoisotopic (exact) mass is 251 g/mol. The van der Waals surface area contributed by atoms with Gasteiger partial charge in [-0.15, -0.1) is 0 Å². The van der Waals surface area contributed by atoms with Gasteiger partial charge in [0.05, 0.1) is 11.4 Å². The second-order valence-electron chi connectivity index (χ2n) is 5.72. The van der Waals surface area contributed by atoms with E-state index >= 15 is 0 Å². The first-order chi connectivity index (χ1) is 9.07. The lowest BCUT2D eigenvalue weighted by molar-refractivity contribution is 0.575. The molecule has 0 saturated carbocycles. The van der Waals surface area contributed by atoms with Gasteiger partial charge in [0.15, 0.2) is 0 Å². The van der Waals surface area contributed by atoms with Gasteiger partial charge in [0.2, 0.25) is 0 Å². The van der Waals surface area contributed by atoms with Crippen LogP contribution in [0, 0.1) is 0 Å². The minimum Gasteiger partial charge on any atom is -0.299 e. The van der Waals surface area contributed by atoms with Crippen molar-refractivity contribution in [1.29, 1.82) is 0 Å². The van der Waals surface area contributed by atoms with Gasteiger partial charge >= 0.3 is 0 Å². The topological polar surface area (TPSA) is 30.2 Å². The summed E-state index contributed by atoms with van der Waals surface area (Å²) in [6, 6.07) is 10.2. The van der Waals surface area contributed by atoms with E-state index in [0.717, 1.165) is 22.6 Å². The molecule has 0 aromatic carbocycles. The average molecular weight is 251 g/mol. The smallest absolute Gasteiger partial charge is 0.137 e. The average Bonchev–Trinajstić information content (AvgIpc) is 2.79. The Kier molecular flexibility index (Phi) is 2.63. The van der Waals surface area contributed by atoms with E-state index in [1.165, 1.54) is 0 Å². The molecule has 3 nitrogen and oxygen atoms in total. The van der Waals surface area contributed by atoms with E-state index in [-0.39, 0.29) is 5.41 Å². The van der Waals surface area contributed by atoms with Gasteiger partial charge in [-0.25, -0.2) is 4.98 Å². The number of fused-ring (bicyclic) bond motifs is 1. The summed E-state index contributed by atoms with van der Waals surface area (Å²) in [7, 11) is 0. The Morgan fingerprint density at radius 3 is 2.42 bits per heavy atom. The van der Waals surface area contributed by atoms with Gasteiger partial charge in [-0.2, -0.15) is 0 Å². The second-order valence-corrected chi connectivity index (χ2v) is 5.72. The molecular formula is C16H17N3. The number of hydrogen-bond donors (Lipinski definition) is 0. The molecule has 3 aromatic rings. The molecule has 0 radical (unpaired) electrons. The van der Waals surface area contributed by atoms with E-state index in [4.69, 9.17) is 4.98 Å². The zero-order valence-electron chi connectivity index (χ0n) is 11.5. The summed E-state index contributed by atoms with van der Waals surface area (Å²) in [5.41, 5.74) is 4.42. The highest BCUT2D eigenvalue weighted by Crippen LogP contribution is 2.32. The highest BCUT2D eigenvalue weighted by Gasteiger charge is 2.24. The molecule has 0 bridgehead atoms. The third-order valence-electron chi connectivity index (χ3n) is 3.19. The maximum Gasteiger partial charge on any atom is 0.137 e. The molecule has 19 heavy (non-hydrogen) atoms. The number of nitrogens with zero attached hydrogens (tertiary/aromatic N) is 3. The second kappa shape index (κ2) is 4.19. The quantitative estimate of drug-likeness (QED) is 0.660. The molecule has 0 aliphatic rings. The van der Waals surface area contributed by atoms with E-state index in [2.05, 4.69) is 36.4 Å². The van der Waals surface area contributed by atoms with Crippen LogP contribution in [0.5, 0.6) is 0 Å². The summed E-state index contributed by atoms with van der Waals surface area (Å²) < 4.78 is 2.15. The summed E-state index contributed by atoms with van der Waals surface area (Å²) in [5.74, 6) is 0. The van der Waals surface area contributed by atoms with Gasteiger partial charge in [0, 0.05) is 29.6 Å². The van der Waals surface area contributed by atoms with Gasteiger partial charge in [0.1, 0.15) is 5.65 Å². The molecule has 3 heterocycles. The summed E-state index contributed by atoms with van der Waals surface area (Å²) in [4.78, 5) is 8.90. The molecule has 0 N–H and O–H groups in total. The molecule has 3 rings (SSSR count). The first-order valence-corrected chi connectivity index (χ1v) is 6.45. The highest BCUT2D eigenvalue weighted by molar-refractivity contribution is 5.68. The van der Waals surface area contributed by atoms with Crippen LogP contribution in [0.3, 0.4) is 0 Å². The van der Waals surface area contributed by atoms with Crippen molar-refractivity contribution < 1.29 is 0 Å². The van der Waals surface area contributed by atoms with Crippen molar-refractivity contribution in [3.8, 4) is 11.3 Å². The summed E-state index contributed by atoms with van der Waals surface area (Å²) >= 11 is 0. The van der Waals surface area contributed by atoms with Gasteiger partial charge < -0.3 is 0 Å². The predicted molar refractivity (Wildman–Crippen MR) is 77.1 cm³/mol. The predicted octanol–water partition coefficient (Wildman–Crippen LogP) is 3.69. The number of hydrogen-bond acceptors (Lipinski definition) is 2. The standard InChI is InChI=1S/C16H17N3/c1-16(2,3)15-14(12-7-9-17-10-8-12)19-11-5-4-6-13(19)18-15/h4-11H,1-3H3. The van der Waals surface area contributed by atoms with Crippen LogP contribution in [0.4, 0.5) is 0 Å². The van der Waals surface area contributed by atoms with E-state index in [1.807, 2.05) is 42.7 Å². The van der Waals surface area contributed by atoms with Gasteiger partial charge in [-0.05, 0) is 24.3 Å². The number of pyridine rings is 2. The number of rotatable bonds is 1.